The molecule has 0 aliphatic carbocycles. The van der Waals surface area contributed by atoms with E-state index in [2.05, 4.69) is 26.8 Å². The second kappa shape index (κ2) is 10.7. The Morgan fingerprint density at radius 2 is 1.71 bits per heavy atom. The molecule has 4 N–H and O–H groups in total. The number of aliphatic hydroxyl groups is 1. The lowest BCUT2D eigenvalue weighted by Crippen LogP contribution is -1.95. The molecule has 0 aromatic heterocycles. The fourth-order valence-electron chi connectivity index (χ4n) is 1.47. The van der Waals surface area contributed by atoms with Gasteiger partial charge >= 0.3 is 5.97 Å². The number of carbonyl (C=O) groups is 1. The van der Waals surface area contributed by atoms with Gasteiger partial charge in [0.1, 0.15) is 0 Å². The third-order valence-electron chi connectivity index (χ3n) is 2.69. The Morgan fingerprint density at radius 3 is 2.14 bits per heavy atom. The first kappa shape index (κ1) is 18.9. The number of anilines is 1. The molecule has 0 fully saturated rings. The quantitative estimate of drug-likeness (QED) is 0.571. The van der Waals surface area contributed by atoms with Crippen LogP contribution in [0.1, 0.15) is 44.0 Å². The maximum atomic E-state index is 10.3. The number of carboxylic acids is 1. The van der Waals surface area contributed by atoms with Crippen LogP contribution in [0.25, 0.3) is 0 Å². The molecule has 0 saturated heterocycles. The van der Waals surface area contributed by atoms with Crippen LogP contribution in [0.2, 0.25) is 0 Å². The van der Waals surface area contributed by atoms with Gasteiger partial charge in [0.15, 0.2) is 0 Å². The number of benzene rings is 1. The maximum Gasteiger partial charge on any atom is 0.335 e. The first-order valence-corrected chi connectivity index (χ1v) is 6.85. The highest BCUT2D eigenvalue weighted by Gasteiger charge is 1.98. The Balaban J connectivity index is 0.000000382. The fourth-order valence-corrected chi connectivity index (χ4v) is 1.47. The number of nitrogen functional groups attached to an aromatic ring is 1. The Morgan fingerprint density at radius 1 is 1.14 bits per heavy atom. The van der Waals surface area contributed by atoms with E-state index in [-0.39, 0.29) is 12.2 Å². The topological polar surface area (TPSA) is 83.5 Å². The average Bonchev–Trinajstić information content (AvgIpc) is 2.39. The van der Waals surface area contributed by atoms with Gasteiger partial charge in [-0.25, -0.2) is 4.79 Å². The number of hydrogen-bond acceptors (Lipinski definition) is 3. The van der Waals surface area contributed by atoms with Gasteiger partial charge in [-0.05, 0) is 57.9 Å². The Kier molecular flexibility index (Phi) is 9.63. The minimum absolute atomic E-state index is 0.167. The molecular formula is C17H25NO3. The zero-order valence-corrected chi connectivity index (χ0v) is 13.0. The number of rotatable bonds is 5. The van der Waals surface area contributed by atoms with Gasteiger partial charge < -0.3 is 15.9 Å². The summed E-state index contributed by atoms with van der Waals surface area (Å²) in [6, 6.07) is 6.06. The van der Waals surface area contributed by atoms with Crippen LogP contribution in [0.3, 0.4) is 0 Å². The van der Waals surface area contributed by atoms with Crippen LogP contribution in [-0.4, -0.2) is 22.8 Å². The molecule has 0 saturated carbocycles. The van der Waals surface area contributed by atoms with E-state index in [1.54, 1.807) is 12.1 Å². The Hall–Kier alpha value is -2.07. The van der Waals surface area contributed by atoms with E-state index < -0.39 is 5.97 Å². The summed E-state index contributed by atoms with van der Waals surface area (Å²) < 4.78 is 0. The largest absolute Gasteiger partial charge is 0.478 e. The second-order valence-electron chi connectivity index (χ2n) is 4.98. The summed E-state index contributed by atoms with van der Waals surface area (Å²) in [5.41, 5.74) is 8.80. The molecule has 1 rings (SSSR count). The number of hydrogen-bond donors (Lipinski definition) is 3. The van der Waals surface area contributed by atoms with Gasteiger partial charge in [0.05, 0.1) is 12.2 Å². The van der Waals surface area contributed by atoms with Crippen LogP contribution in [0, 0.1) is 0 Å². The Bertz CT molecular complexity index is 483. The van der Waals surface area contributed by atoms with Gasteiger partial charge in [0.2, 0.25) is 0 Å². The average molecular weight is 291 g/mol. The normalized spacial score (nSPS) is 10.4. The molecule has 0 spiro atoms. The number of carboxylic acid groups (broad SMARTS) is 1. The van der Waals surface area contributed by atoms with E-state index in [1.807, 2.05) is 6.08 Å². The molecule has 4 heteroatoms. The SMILES string of the molecule is CC(C)=CCCC(C)=CCO.Nc1ccc(C(=O)O)cc1. The highest BCUT2D eigenvalue weighted by atomic mass is 16.4. The maximum absolute atomic E-state index is 10.3. The molecule has 0 heterocycles. The van der Waals surface area contributed by atoms with Gasteiger partial charge in [-0.1, -0.05) is 23.3 Å². The van der Waals surface area contributed by atoms with Crippen molar-refractivity contribution in [3.05, 3.63) is 53.1 Å². The number of allylic oxidation sites excluding steroid dienone is 3. The van der Waals surface area contributed by atoms with Crippen molar-refractivity contribution in [3.8, 4) is 0 Å². The number of aromatic carboxylic acids is 1. The van der Waals surface area contributed by atoms with E-state index in [1.165, 1.54) is 23.3 Å². The Labute approximate surface area is 126 Å². The molecule has 4 nitrogen and oxygen atoms in total. The van der Waals surface area contributed by atoms with Crippen molar-refractivity contribution in [2.45, 2.75) is 33.6 Å². The first-order valence-electron chi connectivity index (χ1n) is 6.85. The molecule has 0 unspecified atom stereocenters. The molecule has 0 radical (unpaired) electrons. The third-order valence-corrected chi connectivity index (χ3v) is 2.69. The van der Waals surface area contributed by atoms with Gasteiger partial charge in [0.25, 0.3) is 0 Å². The third kappa shape index (κ3) is 10.4. The lowest BCUT2D eigenvalue weighted by Gasteiger charge is -1.96. The summed E-state index contributed by atoms with van der Waals surface area (Å²) in [6.07, 6.45) is 6.23. The van der Waals surface area contributed by atoms with Crippen LogP contribution in [0.4, 0.5) is 5.69 Å². The molecule has 0 amide bonds. The summed E-state index contributed by atoms with van der Waals surface area (Å²) in [7, 11) is 0. The van der Waals surface area contributed by atoms with Gasteiger partial charge in [0, 0.05) is 5.69 Å². The van der Waals surface area contributed by atoms with Gasteiger partial charge in [-0.3, -0.25) is 0 Å². The first-order chi connectivity index (χ1) is 9.86. The van der Waals surface area contributed by atoms with Gasteiger partial charge in [-0.2, -0.15) is 0 Å². The van der Waals surface area contributed by atoms with Crippen molar-refractivity contribution >= 4 is 11.7 Å². The molecule has 116 valence electrons. The van der Waals surface area contributed by atoms with Crippen molar-refractivity contribution in [3.63, 3.8) is 0 Å². The minimum atomic E-state index is -0.931. The summed E-state index contributed by atoms with van der Waals surface area (Å²) in [5, 5.41) is 17.0. The number of nitrogens with two attached hydrogens (primary N) is 1. The molecule has 0 aliphatic heterocycles. The van der Waals surface area contributed by atoms with Crippen molar-refractivity contribution in [2.24, 2.45) is 0 Å². The van der Waals surface area contributed by atoms with Crippen LogP contribution in [0.15, 0.2) is 47.6 Å². The van der Waals surface area contributed by atoms with E-state index in [9.17, 15) is 4.79 Å². The van der Waals surface area contributed by atoms with E-state index in [0.717, 1.165) is 12.8 Å². The molecule has 21 heavy (non-hydrogen) atoms. The molecule has 0 atom stereocenters. The highest BCUT2D eigenvalue weighted by Crippen LogP contribution is 2.05. The van der Waals surface area contributed by atoms with Crippen molar-refractivity contribution in [1.82, 2.24) is 0 Å². The lowest BCUT2D eigenvalue weighted by molar-refractivity contribution is 0.0697. The zero-order chi connectivity index (χ0) is 16.3. The highest BCUT2D eigenvalue weighted by molar-refractivity contribution is 5.87. The number of aliphatic hydroxyl groups excluding tert-OH is 1. The fraction of sp³-hybridized carbons (Fsp3) is 0.353. The summed E-state index contributed by atoms with van der Waals surface area (Å²) in [4.78, 5) is 10.3. The molecule has 0 aliphatic rings. The molecule has 0 bridgehead atoms. The molecule has 1 aromatic carbocycles. The summed E-state index contributed by atoms with van der Waals surface area (Å²) >= 11 is 0. The van der Waals surface area contributed by atoms with Gasteiger partial charge in [-0.15, -0.1) is 0 Å². The minimum Gasteiger partial charge on any atom is -0.478 e. The molecule has 1 aromatic rings. The van der Waals surface area contributed by atoms with Crippen molar-refractivity contribution in [2.75, 3.05) is 12.3 Å². The van der Waals surface area contributed by atoms with E-state index >= 15 is 0 Å². The monoisotopic (exact) mass is 291 g/mol. The van der Waals surface area contributed by atoms with E-state index in [0.29, 0.717) is 5.69 Å². The van der Waals surface area contributed by atoms with Crippen molar-refractivity contribution < 1.29 is 15.0 Å². The zero-order valence-electron chi connectivity index (χ0n) is 13.0. The predicted octanol–water partition coefficient (Wildman–Crippen LogP) is 3.64. The predicted molar refractivity (Wildman–Crippen MR) is 87.3 cm³/mol. The lowest BCUT2D eigenvalue weighted by atomic mass is 10.1. The van der Waals surface area contributed by atoms with Crippen LogP contribution < -0.4 is 5.73 Å². The summed E-state index contributed by atoms with van der Waals surface area (Å²) in [6.45, 7) is 6.42. The smallest absolute Gasteiger partial charge is 0.335 e. The van der Waals surface area contributed by atoms with Crippen LogP contribution in [0.5, 0.6) is 0 Å². The molecular weight excluding hydrogens is 266 g/mol. The standard InChI is InChI=1S/C10H18O.C7H7NO2/c1-9(2)5-4-6-10(3)7-8-11;8-6-3-1-5(2-4-6)7(9)10/h5,7,11H,4,6,8H2,1-3H3;1-4H,8H2,(H,9,10). The van der Waals surface area contributed by atoms with Crippen molar-refractivity contribution in [1.29, 1.82) is 0 Å². The van der Waals surface area contributed by atoms with Crippen LogP contribution >= 0.6 is 0 Å². The van der Waals surface area contributed by atoms with E-state index in [4.69, 9.17) is 15.9 Å². The second-order valence-corrected chi connectivity index (χ2v) is 4.98. The van der Waals surface area contributed by atoms with Crippen LogP contribution in [-0.2, 0) is 0 Å². The summed E-state index contributed by atoms with van der Waals surface area (Å²) in [5.74, 6) is -0.931.